The van der Waals surface area contributed by atoms with Crippen LogP contribution in [0.5, 0.6) is 0 Å². The summed E-state index contributed by atoms with van der Waals surface area (Å²) in [5.74, 6) is -2.46. The van der Waals surface area contributed by atoms with Gasteiger partial charge in [0.25, 0.3) is 5.91 Å². The minimum absolute atomic E-state index is 0.0467. The van der Waals surface area contributed by atoms with Gasteiger partial charge in [-0.2, -0.15) is 0 Å². The molecule has 1 aliphatic rings. The molecule has 1 saturated heterocycles. The van der Waals surface area contributed by atoms with Crippen LogP contribution in [0.3, 0.4) is 0 Å². The van der Waals surface area contributed by atoms with Crippen molar-refractivity contribution in [2.45, 2.75) is 32.7 Å². The maximum Gasteiger partial charge on any atom is 0.308 e. The molecule has 1 unspecified atom stereocenters. The summed E-state index contributed by atoms with van der Waals surface area (Å²) in [6.07, 6.45) is 1.18. The number of benzene rings is 1. The Labute approximate surface area is 117 Å². The zero-order chi connectivity index (χ0) is 14.9. The number of carboxylic acid groups (broad SMARTS) is 1. The molecule has 5 heteroatoms. The molecule has 1 fully saturated rings. The molecule has 0 spiro atoms. The predicted octanol–water partition coefficient (Wildman–Crippen LogP) is 2.46. The van der Waals surface area contributed by atoms with E-state index in [1.54, 1.807) is 26.0 Å². The van der Waals surface area contributed by atoms with Crippen molar-refractivity contribution in [3.05, 3.63) is 35.1 Å². The minimum atomic E-state index is -0.903. The molecule has 0 aromatic heterocycles. The van der Waals surface area contributed by atoms with Crippen LogP contribution in [0.2, 0.25) is 0 Å². The summed E-state index contributed by atoms with van der Waals surface area (Å²) in [6, 6.07) is 4.07. The van der Waals surface area contributed by atoms with Crippen LogP contribution in [-0.2, 0) is 4.79 Å². The lowest BCUT2D eigenvalue weighted by molar-refractivity contribution is -0.144. The molecule has 108 valence electrons. The smallest absolute Gasteiger partial charge is 0.308 e. The fraction of sp³-hybridized carbons (Fsp3) is 0.467. The molecule has 0 bridgehead atoms. The summed E-state index contributed by atoms with van der Waals surface area (Å²) >= 11 is 0. The first-order valence-corrected chi connectivity index (χ1v) is 6.72. The fourth-order valence-corrected chi connectivity index (χ4v) is 2.81. The third-order valence-corrected chi connectivity index (χ3v) is 4.00. The predicted molar refractivity (Wildman–Crippen MR) is 72.0 cm³/mol. The van der Waals surface area contributed by atoms with Gasteiger partial charge in [0.2, 0.25) is 0 Å². The number of carbonyl (C=O) groups is 2. The summed E-state index contributed by atoms with van der Waals surface area (Å²) in [6.45, 7) is 3.86. The average molecular weight is 279 g/mol. The largest absolute Gasteiger partial charge is 0.481 e. The Morgan fingerprint density at radius 1 is 1.40 bits per heavy atom. The van der Waals surface area contributed by atoms with Crippen LogP contribution in [0.25, 0.3) is 0 Å². The van der Waals surface area contributed by atoms with E-state index in [2.05, 4.69) is 0 Å². The molecular formula is C15H18FNO3. The number of carbonyl (C=O) groups excluding carboxylic acids is 1. The van der Waals surface area contributed by atoms with E-state index in [0.29, 0.717) is 24.9 Å². The van der Waals surface area contributed by atoms with Crippen LogP contribution in [-0.4, -0.2) is 34.5 Å². The molecule has 1 N–H and O–H groups in total. The number of amides is 1. The van der Waals surface area contributed by atoms with Crippen LogP contribution in [0.4, 0.5) is 4.39 Å². The zero-order valence-electron chi connectivity index (χ0n) is 11.6. The second-order valence-electron chi connectivity index (χ2n) is 5.26. The van der Waals surface area contributed by atoms with E-state index in [1.807, 2.05) is 0 Å². The van der Waals surface area contributed by atoms with Crippen LogP contribution in [0.15, 0.2) is 18.2 Å². The second-order valence-corrected chi connectivity index (χ2v) is 5.26. The van der Waals surface area contributed by atoms with E-state index < -0.39 is 29.7 Å². The van der Waals surface area contributed by atoms with Crippen molar-refractivity contribution in [3.63, 3.8) is 0 Å². The molecule has 20 heavy (non-hydrogen) atoms. The molecule has 0 aliphatic carbocycles. The molecule has 1 aromatic carbocycles. The number of aliphatic carboxylic acids is 1. The van der Waals surface area contributed by atoms with Gasteiger partial charge in [0.15, 0.2) is 0 Å². The number of piperidine rings is 1. The lowest BCUT2D eigenvalue weighted by atomic mass is 9.89. The highest BCUT2D eigenvalue weighted by Crippen LogP contribution is 2.26. The Morgan fingerprint density at radius 3 is 2.70 bits per heavy atom. The molecule has 1 aromatic rings. The van der Waals surface area contributed by atoms with E-state index in [1.165, 1.54) is 11.0 Å². The summed E-state index contributed by atoms with van der Waals surface area (Å²) in [4.78, 5) is 25.2. The Hall–Kier alpha value is -1.91. The van der Waals surface area contributed by atoms with Crippen LogP contribution < -0.4 is 0 Å². The van der Waals surface area contributed by atoms with E-state index in [9.17, 15) is 19.1 Å². The van der Waals surface area contributed by atoms with Crippen molar-refractivity contribution in [1.82, 2.24) is 4.90 Å². The van der Waals surface area contributed by atoms with Crippen LogP contribution in [0, 0.1) is 18.7 Å². The van der Waals surface area contributed by atoms with Crippen molar-refractivity contribution >= 4 is 11.9 Å². The first-order valence-electron chi connectivity index (χ1n) is 6.72. The Bertz CT molecular complexity index is 524. The second kappa shape index (κ2) is 5.61. The third-order valence-electron chi connectivity index (χ3n) is 4.00. The topological polar surface area (TPSA) is 57.6 Å². The number of carboxylic acids is 1. The highest BCUT2D eigenvalue weighted by atomic mass is 19.1. The van der Waals surface area contributed by atoms with E-state index in [0.717, 1.165) is 0 Å². The first-order chi connectivity index (χ1) is 9.43. The van der Waals surface area contributed by atoms with Gasteiger partial charge in [-0.05, 0) is 38.3 Å². The normalized spacial score (nSPS) is 22.6. The molecule has 2 rings (SSSR count). The van der Waals surface area contributed by atoms with Crippen molar-refractivity contribution < 1.29 is 19.1 Å². The highest BCUT2D eigenvalue weighted by Gasteiger charge is 2.36. The maximum atomic E-state index is 13.9. The Morgan fingerprint density at radius 2 is 2.10 bits per heavy atom. The SMILES string of the molecule is Cc1cccc(F)c1C(=O)N1CCCC(C(=O)O)[C@@H]1C. The number of rotatable bonds is 2. The number of aryl methyl sites for hydroxylation is 1. The van der Waals surface area contributed by atoms with Gasteiger partial charge in [-0.1, -0.05) is 12.1 Å². The van der Waals surface area contributed by atoms with Gasteiger partial charge < -0.3 is 10.0 Å². The Kier molecular flexibility index (Phi) is 4.06. The molecular weight excluding hydrogens is 261 g/mol. The van der Waals surface area contributed by atoms with Gasteiger partial charge in [-0.3, -0.25) is 9.59 Å². The quantitative estimate of drug-likeness (QED) is 0.904. The van der Waals surface area contributed by atoms with E-state index >= 15 is 0 Å². The summed E-state index contributed by atoms with van der Waals surface area (Å²) < 4.78 is 13.9. The lowest BCUT2D eigenvalue weighted by Gasteiger charge is -2.37. The standard InChI is InChI=1S/C15H18FNO3/c1-9-5-3-7-12(16)13(9)14(18)17-8-4-6-11(10(17)2)15(19)20/h3,5,7,10-11H,4,6,8H2,1-2H3,(H,19,20)/t10-,11?/m0/s1. The van der Waals surface area contributed by atoms with Gasteiger partial charge in [0, 0.05) is 12.6 Å². The number of hydrogen-bond acceptors (Lipinski definition) is 2. The van der Waals surface area contributed by atoms with Gasteiger partial charge in [-0.25, -0.2) is 4.39 Å². The monoisotopic (exact) mass is 279 g/mol. The molecule has 1 amide bonds. The molecule has 0 saturated carbocycles. The molecule has 1 heterocycles. The van der Waals surface area contributed by atoms with Crippen LogP contribution >= 0.6 is 0 Å². The number of halogens is 1. The molecule has 4 nitrogen and oxygen atoms in total. The number of hydrogen-bond donors (Lipinski definition) is 1. The number of likely N-dealkylation sites (tertiary alicyclic amines) is 1. The summed E-state index contributed by atoms with van der Waals surface area (Å²) in [7, 11) is 0. The van der Waals surface area contributed by atoms with Gasteiger partial charge in [0.05, 0.1) is 11.5 Å². The minimum Gasteiger partial charge on any atom is -0.481 e. The fourth-order valence-electron chi connectivity index (χ4n) is 2.81. The van der Waals surface area contributed by atoms with Crippen molar-refractivity contribution in [3.8, 4) is 0 Å². The molecule has 1 aliphatic heterocycles. The highest BCUT2D eigenvalue weighted by molar-refractivity contribution is 5.96. The molecule has 2 atom stereocenters. The molecule has 0 radical (unpaired) electrons. The van der Waals surface area contributed by atoms with E-state index in [-0.39, 0.29) is 5.56 Å². The Balaban J connectivity index is 2.31. The summed E-state index contributed by atoms with van der Waals surface area (Å²) in [5.41, 5.74) is 0.616. The average Bonchev–Trinajstić information content (AvgIpc) is 2.38. The maximum absolute atomic E-state index is 13.9. The van der Waals surface area contributed by atoms with Crippen molar-refractivity contribution in [2.75, 3.05) is 6.54 Å². The first kappa shape index (κ1) is 14.5. The zero-order valence-corrected chi connectivity index (χ0v) is 11.6. The third kappa shape index (κ3) is 2.53. The van der Waals surface area contributed by atoms with Crippen molar-refractivity contribution in [1.29, 1.82) is 0 Å². The van der Waals surface area contributed by atoms with E-state index in [4.69, 9.17) is 0 Å². The summed E-state index contributed by atoms with van der Waals surface area (Å²) in [5, 5.41) is 9.18. The number of nitrogens with zero attached hydrogens (tertiary/aromatic N) is 1. The van der Waals surface area contributed by atoms with Crippen molar-refractivity contribution in [2.24, 2.45) is 5.92 Å². The van der Waals surface area contributed by atoms with Gasteiger partial charge >= 0.3 is 5.97 Å². The van der Waals surface area contributed by atoms with Gasteiger partial charge in [0.1, 0.15) is 5.82 Å². The van der Waals surface area contributed by atoms with Gasteiger partial charge in [-0.15, -0.1) is 0 Å². The lowest BCUT2D eigenvalue weighted by Crippen LogP contribution is -2.49. The van der Waals surface area contributed by atoms with Crippen LogP contribution in [0.1, 0.15) is 35.7 Å².